The number of ether oxygens (including phenoxy) is 4. The van der Waals surface area contributed by atoms with Crippen LogP contribution in [-0.4, -0.2) is 63.0 Å². The Labute approximate surface area is 141 Å². The molecule has 1 aromatic carbocycles. The van der Waals surface area contributed by atoms with Crippen LogP contribution in [-0.2, 0) is 9.47 Å². The lowest BCUT2D eigenvalue weighted by Gasteiger charge is -2.50. The summed E-state index contributed by atoms with van der Waals surface area (Å²) < 4.78 is 22.4. The van der Waals surface area contributed by atoms with Crippen LogP contribution in [0.25, 0.3) is 0 Å². The molecule has 2 fully saturated rings. The molecule has 0 saturated carbocycles. The van der Waals surface area contributed by atoms with Crippen LogP contribution in [0.3, 0.4) is 0 Å². The number of para-hydroxylation sites is 1. The third kappa shape index (κ3) is 2.54. The molecule has 0 bridgehead atoms. The third-order valence-corrected chi connectivity index (χ3v) is 5.27. The SMILES string of the molecule is COCCC1CCOC12CN(C(=O)c1cccc3c1OCCO3)C2. The highest BCUT2D eigenvalue weighted by molar-refractivity contribution is 5.98. The van der Waals surface area contributed by atoms with Crippen LogP contribution < -0.4 is 9.47 Å². The Hall–Kier alpha value is -1.79. The molecule has 0 aromatic heterocycles. The zero-order chi connectivity index (χ0) is 16.6. The smallest absolute Gasteiger partial charge is 0.257 e. The number of benzene rings is 1. The number of likely N-dealkylation sites (tertiary alicyclic amines) is 1. The van der Waals surface area contributed by atoms with Crippen molar-refractivity contribution in [1.82, 2.24) is 4.90 Å². The van der Waals surface area contributed by atoms with Crippen molar-refractivity contribution in [2.45, 2.75) is 18.4 Å². The lowest BCUT2D eigenvalue weighted by Crippen LogP contribution is -2.66. The maximum Gasteiger partial charge on any atom is 0.257 e. The van der Waals surface area contributed by atoms with E-state index < -0.39 is 0 Å². The van der Waals surface area contributed by atoms with E-state index >= 15 is 0 Å². The highest BCUT2D eigenvalue weighted by Gasteiger charge is 2.54. The second-order valence-corrected chi connectivity index (χ2v) is 6.67. The molecule has 0 N–H and O–H groups in total. The minimum Gasteiger partial charge on any atom is -0.486 e. The Kier molecular flexibility index (Phi) is 4.10. The molecule has 1 unspecified atom stereocenters. The summed E-state index contributed by atoms with van der Waals surface area (Å²) in [6.45, 7) is 3.79. The molecule has 6 nitrogen and oxygen atoms in total. The van der Waals surface area contributed by atoms with E-state index in [2.05, 4.69) is 0 Å². The summed E-state index contributed by atoms with van der Waals surface area (Å²) in [6, 6.07) is 5.48. The zero-order valence-electron chi connectivity index (χ0n) is 14.0. The minimum atomic E-state index is -0.180. The lowest BCUT2D eigenvalue weighted by atomic mass is 9.79. The third-order valence-electron chi connectivity index (χ3n) is 5.27. The van der Waals surface area contributed by atoms with Gasteiger partial charge in [-0.2, -0.15) is 0 Å². The Balaban J connectivity index is 1.46. The fraction of sp³-hybridized carbons (Fsp3) is 0.611. The van der Waals surface area contributed by atoms with E-state index in [1.807, 2.05) is 17.0 Å². The first-order valence-corrected chi connectivity index (χ1v) is 8.54. The average molecular weight is 333 g/mol. The number of fused-ring (bicyclic) bond motifs is 1. The van der Waals surface area contributed by atoms with E-state index in [0.29, 0.717) is 49.3 Å². The van der Waals surface area contributed by atoms with E-state index in [1.165, 1.54) is 0 Å². The number of hydrogen-bond acceptors (Lipinski definition) is 5. The molecule has 3 aliphatic rings. The van der Waals surface area contributed by atoms with Crippen LogP contribution in [0.4, 0.5) is 0 Å². The van der Waals surface area contributed by atoms with Gasteiger partial charge in [0, 0.05) is 20.3 Å². The van der Waals surface area contributed by atoms with Gasteiger partial charge in [0.2, 0.25) is 0 Å². The molecule has 1 aromatic rings. The van der Waals surface area contributed by atoms with Crippen molar-refractivity contribution in [2.24, 2.45) is 5.92 Å². The Morgan fingerprint density at radius 3 is 2.96 bits per heavy atom. The van der Waals surface area contributed by atoms with Crippen molar-refractivity contribution < 1.29 is 23.7 Å². The largest absolute Gasteiger partial charge is 0.486 e. The highest BCUT2D eigenvalue weighted by Crippen LogP contribution is 2.43. The molecule has 4 rings (SSSR count). The van der Waals surface area contributed by atoms with Gasteiger partial charge in [0.05, 0.1) is 18.7 Å². The normalized spacial score (nSPS) is 24.0. The maximum atomic E-state index is 12.9. The predicted molar refractivity (Wildman–Crippen MR) is 86.6 cm³/mol. The number of carbonyl (C=O) groups is 1. The summed E-state index contributed by atoms with van der Waals surface area (Å²) in [4.78, 5) is 14.7. The van der Waals surface area contributed by atoms with Crippen LogP contribution >= 0.6 is 0 Å². The number of amides is 1. The number of hydrogen-bond donors (Lipinski definition) is 0. The van der Waals surface area contributed by atoms with Crippen molar-refractivity contribution in [1.29, 1.82) is 0 Å². The first-order valence-electron chi connectivity index (χ1n) is 8.54. The number of nitrogens with zero attached hydrogens (tertiary/aromatic N) is 1. The molecule has 1 spiro atoms. The fourth-order valence-electron chi connectivity index (χ4n) is 3.96. The van der Waals surface area contributed by atoms with Gasteiger partial charge in [0.15, 0.2) is 11.5 Å². The average Bonchev–Trinajstić information content (AvgIpc) is 3.01. The Morgan fingerprint density at radius 1 is 1.29 bits per heavy atom. The molecule has 3 heterocycles. The van der Waals surface area contributed by atoms with E-state index in [1.54, 1.807) is 13.2 Å². The Morgan fingerprint density at radius 2 is 2.12 bits per heavy atom. The van der Waals surface area contributed by atoms with Crippen LogP contribution in [0, 0.1) is 5.92 Å². The van der Waals surface area contributed by atoms with Crippen LogP contribution in [0.2, 0.25) is 0 Å². The molecule has 24 heavy (non-hydrogen) atoms. The second kappa shape index (κ2) is 6.26. The first-order chi connectivity index (χ1) is 11.7. The van der Waals surface area contributed by atoms with Crippen LogP contribution in [0.5, 0.6) is 11.5 Å². The molecule has 0 aliphatic carbocycles. The molecule has 3 aliphatic heterocycles. The van der Waals surface area contributed by atoms with Gasteiger partial charge >= 0.3 is 0 Å². The van der Waals surface area contributed by atoms with Gasteiger partial charge in [0.25, 0.3) is 5.91 Å². The van der Waals surface area contributed by atoms with Gasteiger partial charge in [-0.1, -0.05) is 6.07 Å². The highest BCUT2D eigenvalue weighted by atomic mass is 16.6. The monoisotopic (exact) mass is 333 g/mol. The minimum absolute atomic E-state index is 0.0102. The second-order valence-electron chi connectivity index (χ2n) is 6.67. The molecule has 1 amide bonds. The number of rotatable bonds is 4. The summed E-state index contributed by atoms with van der Waals surface area (Å²) >= 11 is 0. The van der Waals surface area contributed by atoms with E-state index in [9.17, 15) is 4.79 Å². The molecular weight excluding hydrogens is 310 g/mol. The van der Waals surface area contributed by atoms with Gasteiger partial charge in [0.1, 0.15) is 18.8 Å². The molecule has 130 valence electrons. The van der Waals surface area contributed by atoms with Gasteiger partial charge in [-0.15, -0.1) is 0 Å². The van der Waals surface area contributed by atoms with Crippen LogP contribution in [0.15, 0.2) is 18.2 Å². The Bertz CT molecular complexity index is 626. The summed E-state index contributed by atoms with van der Waals surface area (Å²) in [6.07, 6.45) is 2.03. The predicted octanol–water partition coefficient (Wildman–Crippen LogP) is 1.73. The molecule has 1 atom stereocenters. The molecule has 6 heteroatoms. The molecule has 0 radical (unpaired) electrons. The van der Waals surface area contributed by atoms with E-state index in [0.717, 1.165) is 26.1 Å². The number of carbonyl (C=O) groups excluding carboxylic acids is 1. The van der Waals surface area contributed by atoms with Gasteiger partial charge in [-0.3, -0.25) is 4.79 Å². The summed E-state index contributed by atoms with van der Waals surface area (Å²) in [5, 5.41) is 0. The molecule has 2 saturated heterocycles. The first kappa shape index (κ1) is 15.7. The van der Waals surface area contributed by atoms with Gasteiger partial charge in [-0.25, -0.2) is 0 Å². The van der Waals surface area contributed by atoms with Gasteiger partial charge in [-0.05, 0) is 30.9 Å². The zero-order valence-corrected chi connectivity index (χ0v) is 14.0. The fourth-order valence-corrected chi connectivity index (χ4v) is 3.96. The standard InChI is InChI=1S/C18H23NO5/c1-21-7-5-13-6-8-24-18(13)11-19(12-18)17(20)14-3-2-4-15-16(14)23-10-9-22-15/h2-4,13H,5-12H2,1H3. The topological polar surface area (TPSA) is 57.2 Å². The van der Waals surface area contributed by atoms with Gasteiger partial charge < -0.3 is 23.8 Å². The van der Waals surface area contributed by atoms with E-state index in [-0.39, 0.29) is 11.5 Å². The van der Waals surface area contributed by atoms with Crippen molar-refractivity contribution in [3.63, 3.8) is 0 Å². The van der Waals surface area contributed by atoms with E-state index in [4.69, 9.17) is 18.9 Å². The quantitative estimate of drug-likeness (QED) is 0.840. The summed E-state index contributed by atoms with van der Waals surface area (Å²) in [5.74, 6) is 1.67. The van der Waals surface area contributed by atoms with Crippen LogP contribution in [0.1, 0.15) is 23.2 Å². The molecular formula is C18H23NO5. The van der Waals surface area contributed by atoms with Crippen molar-refractivity contribution in [2.75, 3.05) is 46.6 Å². The maximum absolute atomic E-state index is 12.9. The van der Waals surface area contributed by atoms with Crippen molar-refractivity contribution in [3.05, 3.63) is 23.8 Å². The number of methoxy groups -OCH3 is 1. The summed E-state index contributed by atoms with van der Waals surface area (Å²) in [7, 11) is 1.72. The van der Waals surface area contributed by atoms with Crippen molar-refractivity contribution >= 4 is 5.91 Å². The van der Waals surface area contributed by atoms with Crippen molar-refractivity contribution in [3.8, 4) is 11.5 Å². The lowest BCUT2D eigenvalue weighted by molar-refractivity contribution is -0.120. The summed E-state index contributed by atoms with van der Waals surface area (Å²) in [5.41, 5.74) is 0.397.